The highest BCUT2D eigenvalue weighted by Crippen LogP contribution is 2.06. The minimum atomic E-state index is -1.01. The highest BCUT2D eigenvalue weighted by atomic mass is 16.4. The van der Waals surface area contributed by atoms with Crippen LogP contribution in [0.25, 0.3) is 0 Å². The number of aryl methyl sites for hydroxylation is 1. The molecule has 1 aromatic heterocycles. The molecule has 8 nitrogen and oxygen atoms in total. The summed E-state index contributed by atoms with van der Waals surface area (Å²) in [4.78, 5) is 47.5. The Morgan fingerprint density at radius 2 is 2.00 bits per heavy atom. The molecule has 21 heavy (non-hydrogen) atoms. The number of H-pyrrole nitrogens is 1. The molecule has 8 heteroatoms. The van der Waals surface area contributed by atoms with Crippen molar-refractivity contribution in [1.82, 2.24) is 14.9 Å². The minimum Gasteiger partial charge on any atom is -0.481 e. The van der Waals surface area contributed by atoms with Gasteiger partial charge in [0, 0.05) is 17.8 Å². The molecule has 1 atom stereocenters. The number of nitrogens with one attached hydrogen (secondary N) is 2. The SMILES string of the molecule is Cc1cn(CC(=O)NC(CC(=O)O)C(C)C)c(=O)[nH]c1=O. The number of amides is 1. The summed E-state index contributed by atoms with van der Waals surface area (Å²) in [6.07, 6.45) is 1.10. The molecular weight excluding hydrogens is 278 g/mol. The third-order valence-electron chi connectivity index (χ3n) is 3.05. The maximum atomic E-state index is 11.9. The van der Waals surface area contributed by atoms with Crippen LogP contribution in [0, 0.1) is 12.8 Å². The first-order chi connectivity index (χ1) is 9.70. The minimum absolute atomic E-state index is 0.0564. The zero-order valence-electron chi connectivity index (χ0n) is 12.2. The lowest BCUT2D eigenvalue weighted by atomic mass is 10.0. The van der Waals surface area contributed by atoms with Gasteiger partial charge in [0.25, 0.3) is 5.56 Å². The van der Waals surface area contributed by atoms with E-state index in [0.717, 1.165) is 4.57 Å². The standard InChI is InChI=1S/C13H19N3O5/c1-7(2)9(4-11(18)19)14-10(17)6-16-5-8(3)12(20)15-13(16)21/h5,7,9H,4,6H2,1-3H3,(H,14,17)(H,18,19)(H,15,20,21). The lowest BCUT2D eigenvalue weighted by molar-refractivity contribution is -0.138. The van der Waals surface area contributed by atoms with E-state index in [-0.39, 0.29) is 18.9 Å². The number of aliphatic carboxylic acids is 1. The van der Waals surface area contributed by atoms with E-state index in [1.807, 2.05) is 0 Å². The lowest BCUT2D eigenvalue weighted by Crippen LogP contribution is -2.43. The quantitative estimate of drug-likeness (QED) is 0.651. The Bertz CT molecular complexity index is 644. The third kappa shape index (κ3) is 4.90. The van der Waals surface area contributed by atoms with Gasteiger partial charge in [-0.2, -0.15) is 0 Å². The Morgan fingerprint density at radius 3 is 2.52 bits per heavy atom. The van der Waals surface area contributed by atoms with Crippen LogP contribution in [-0.2, 0) is 16.1 Å². The van der Waals surface area contributed by atoms with Crippen LogP contribution in [0.2, 0.25) is 0 Å². The number of rotatable bonds is 6. The second-order valence-electron chi connectivity index (χ2n) is 5.22. The molecule has 0 bridgehead atoms. The molecule has 0 saturated carbocycles. The zero-order valence-corrected chi connectivity index (χ0v) is 12.2. The molecule has 1 rings (SSSR count). The van der Waals surface area contributed by atoms with Crippen LogP contribution >= 0.6 is 0 Å². The maximum Gasteiger partial charge on any atom is 0.328 e. The average Bonchev–Trinajstić information content (AvgIpc) is 2.34. The first-order valence-electron chi connectivity index (χ1n) is 6.52. The van der Waals surface area contributed by atoms with Crippen molar-refractivity contribution < 1.29 is 14.7 Å². The number of aromatic nitrogens is 2. The van der Waals surface area contributed by atoms with E-state index in [1.54, 1.807) is 13.8 Å². The van der Waals surface area contributed by atoms with Crippen LogP contribution in [-0.4, -0.2) is 32.6 Å². The second-order valence-corrected chi connectivity index (χ2v) is 5.22. The third-order valence-corrected chi connectivity index (χ3v) is 3.05. The summed E-state index contributed by atoms with van der Waals surface area (Å²) in [7, 11) is 0. The molecule has 0 spiro atoms. The molecule has 116 valence electrons. The fraction of sp³-hybridized carbons (Fsp3) is 0.538. The maximum absolute atomic E-state index is 11.9. The van der Waals surface area contributed by atoms with Crippen molar-refractivity contribution >= 4 is 11.9 Å². The predicted molar refractivity (Wildman–Crippen MR) is 75.1 cm³/mol. The molecule has 3 N–H and O–H groups in total. The number of carboxylic acids is 1. The van der Waals surface area contributed by atoms with Crippen LogP contribution in [0.5, 0.6) is 0 Å². The molecule has 1 unspecified atom stereocenters. The summed E-state index contributed by atoms with van der Waals surface area (Å²) in [5.74, 6) is -1.55. The van der Waals surface area contributed by atoms with Crippen LogP contribution in [0.4, 0.5) is 0 Å². The summed E-state index contributed by atoms with van der Waals surface area (Å²) >= 11 is 0. The fourth-order valence-electron chi connectivity index (χ4n) is 1.78. The lowest BCUT2D eigenvalue weighted by Gasteiger charge is -2.20. The number of hydrogen-bond donors (Lipinski definition) is 3. The number of carboxylic acid groups (broad SMARTS) is 1. The van der Waals surface area contributed by atoms with Gasteiger partial charge in [0.2, 0.25) is 5.91 Å². The van der Waals surface area contributed by atoms with Crippen LogP contribution in [0.15, 0.2) is 15.8 Å². The summed E-state index contributed by atoms with van der Waals surface area (Å²) in [6.45, 7) is 4.84. The van der Waals surface area contributed by atoms with Gasteiger partial charge in [-0.1, -0.05) is 13.8 Å². The van der Waals surface area contributed by atoms with Crippen LogP contribution < -0.4 is 16.6 Å². The number of aromatic amines is 1. The first kappa shape index (κ1) is 16.7. The molecule has 0 aliphatic heterocycles. The molecule has 0 aliphatic carbocycles. The van der Waals surface area contributed by atoms with Gasteiger partial charge in [0.05, 0.1) is 6.42 Å². The van der Waals surface area contributed by atoms with E-state index < -0.39 is 29.2 Å². The molecule has 1 aromatic rings. The summed E-state index contributed by atoms with van der Waals surface area (Å²) in [5.41, 5.74) is -0.865. The number of carbonyl (C=O) groups is 2. The average molecular weight is 297 g/mol. The van der Waals surface area contributed by atoms with Crippen molar-refractivity contribution in [3.05, 3.63) is 32.6 Å². The molecule has 0 aliphatic rings. The Morgan fingerprint density at radius 1 is 1.38 bits per heavy atom. The Balaban J connectivity index is 2.81. The molecule has 0 saturated heterocycles. The topological polar surface area (TPSA) is 121 Å². The summed E-state index contributed by atoms with van der Waals surface area (Å²) < 4.78 is 1.07. The molecule has 0 fully saturated rings. The van der Waals surface area contributed by atoms with E-state index in [1.165, 1.54) is 13.1 Å². The monoisotopic (exact) mass is 297 g/mol. The van der Waals surface area contributed by atoms with E-state index in [4.69, 9.17) is 5.11 Å². The molecular formula is C13H19N3O5. The van der Waals surface area contributed by atoms with Crippen molar-refractivity contribution in [1.29, 1.82) is 0 Å². The van der Waals surface area contributed by atoms with Gasteiger partial charge >= 0.3 is 11.7 Å². The Hall–Kier alpha value is -2.38. The Kier molecular flexibility index (Phi) is 5.45. The van der Waals surface area contributed by atoms with Crippen LogP contribution in [0.1, 0.15) is 25.8 Å². The van der Waals surface area contributed by atoms with Crippen LogP contribution in [0.3, 0.4) is 0 Å². The van der Waals surface area contributed by atoms with Gasteiger partial charge in [-0.05, 0) is 12.8 Å². The van der Waals surface area contributed by atoms with Crippen molar-refractivity contribution in [2.24, 2.45) is 5.92 Å². The van der Waals surface area contributed by atoms with Crippen molar-refractivity contribution in [3.63, 3.8) is 0 Å². The highest BCUT2D eigenvalue weighted by molar-refractivity contribution is 5.77. The van der Waals surface area contributed by atoms with Gasteiger partial charge in [0.15, 0.2) is 0 Å². The molecule has 0 aromatic carbocycles. The van der Waals surface area contributed by atoms with Crippen molar-refractivity contribution in [2.75, 3.05) is 0 Å². The van der Waals surface area contributed by atoms with Gasteiger partial charge in [-0.15, -0.1) is 0 Å². The highest BCUT2D eigenvalue weighted by Gasteiger charge is 2.19. The van der Waals surface area contributed by atoms with E-state index in [2.05, 4.69) is 10.3 Å². The number of carbonyl (C=O) groups excluding carboxylic acids is 1. The summed E-state index contributed by atoms with van der Waals surface area (Å²) in [6, 6.07) is -0.519. The molecule has 1 amide bonds. The normalized spacial score (nSPS) is 12.2. The van der Waals surface area contributed by atoms with E-state index in [0.29, 0.717) is 5.56 Å². The smallest absolute Gasteiger partial charge is 0.328 e. The largest absolute Gasteiger partial charge is 0.481 e. The second kappa shape index (κ2) is 6.87. The van der Waals surface area contributed by atoms with Gasteiger partial charge in [-0.3, -0.25) is 23.9 Å². The fourth-order valence-corrected chi connectivity index (χ4v) is 1.78. The van der Waals surface area contributed by atoms with Crippen molar-refractivity contribution in [3.8, 4) is 0 Å². The number of nitrogens with zero attached hydrogens (tertiary/aromatic N) is 1. The molecule has 0 radical (unpaired) electrons. The van der Waals surface area contributed by atoms with Gasteiger partial charge in [0.1, 0.15) is 6.54 Å². The van der Waals surface area contributed by atoms with E-state index in [9.17, 15) is 19.2 Å². The zero-order chi connectivity index (χ0) is 16.2. The summed E-state index contributed by atoms with van der Waals surface area (Å²) in [5, 5.41) is 11.4. The number of hydrogen-bond acceptors (Lipinski definition) is 4. The Labute approximate surface area is 120 Å². The van der Waals surface area contributed by atoms with Gasteiger partial charge < -0.3 is 10.4 Å². The first-order valence-corrected chi connectivity index (χ1v) is 6.52. The van der Waals surface area contributed by atoms with Gasteiger partial charge in [-0.25, -0.2) is 4.79 Å². The van der Waals surface area contributed by atoms with E-state index >= 15 is 0 Å². The molecule has 1 heterocycles. The predicted octanol–water partition coefficient (Wildman–Crippen LogP) is -0.539. The van der Waals surface area contributed by atoms with Crippen molar-refractivity contribution in [2.45, 2.75) is 39.8 Å².